The van der Waals surface area contributed by atoms with Gasteiger partial charge in [0.2, 0.25) is 0 Å². The molecule has 0 radical (unpaired) electrons. The summed E-state index contributed by atoms with van der Waals surface area (Å²) in [6, 6.07) is 20.3. The molecule has 3 aliphatic rings. The molecule has 0 saturated carbocycles. The maximum atomic E-state index is 6.66. The van der Waals surface area contributed by atoms with Gasteiger partial charge in [-0.2, -0.15) is 0 Å². The zero-order chi connectivity index (χ0) is 27.7. The smallest absolute Gasteiger partial charge is 0.190 e. The van der Waals surface area contributed by atoms with Crippen LogP contribution in [-0.2, 0) is 46.4 Å². The molecular weight excluding hydrogens is 530 g/mol. The largest absolute Gasteiger partial charge is 0.371 e. The monoisotopic (exact) mass is 567 g/mol. The van der Waals surface area contributed by atoms with E-state index in [-0.39, 0.29) is 12.2 Å². The van der Waals surface area contributed by atoms with Crippen LogP contribution in [0.2, 0.25) is 0 Å². The number of thiazole rings is 1. The van der Waals surface area contributed by atoms with Crippen molar-refractivity contribution in [2.75, 3.05) is 0 Å². The zero-order valence-electron chi connectivity index (χ0n) is 23.3. The minimum atomic E-state index is -0.801. The Morgan fingerprint density at radius 2 is 1.38 bits per heavy atom. The molecule has 0 unspecified atom stereocenters. The molecule has 0 amide bonds. The summed E-state index contributed by atoms with van der Waals surface area (Å²) < 4.78 is 45.0. The average molecular weight is 568 g/mol. The van der Waals surface area contributed by atoms with Crippen molar-refractivity contribution in [1.82, 2.24) is 4.98 Å². The van der Waals surface area contributed by atoms with Crippen LogP contribution in [0.5, 0.6) is 0 Å². The molecule has 0 aliphatic carbocycles. The maximum Gasteiger partial charge on any atom is 0.190 e. The highest BCUT2D eigenvalue weighted by atomic mass is 32.1. The Morgan fingerprint density at radius 3 is 2.02 bits per heavy atom. The van der Waals surface area contributed by atoms with E-state index in [2.05, 4.69) is 29.2 Å². The second-order valence-electron chi connectivity index (χ2n) is 11.4. The maximum absolute atomic E-state index is 6.66. The van der Waals surface area contributed by atoms with E-state index in [1.807, 2.05) is 69.5 Å². The summed E-state index contributed by atoms with van der Waals surface area (Å²) in [5, 5.41) is 2.86. The lowest BCUT2D eigenvalue weighted by atomic mass is 9.92. The van der Waals surface area contributed by atoms with E-state index in [0.717, 1.165) is 16.1 Å². The Hall–Kier alpha value is -2.21. The summed E-state index contributed by atoms with van der Waals surface area (Å²) in [5.41, 5.74) is 2.16. The van der Waals surface area contributed by atoms with Gasteiger partial charge < -0.3 is 33.2 Å². The fourth-order valence-corrected chi connectivity index (χ4v) is 6.33. The van der Waals surface area contributed by atoms with Crippen molar-refractivity contribution in [1.29, 1.82) is 0 Å². The predicted molar refractivity (Wildman–Crippen MR) is 148 cm³/mol. The predicted octanol–water partition coefficient (Wildman–Crippen LogP) is 5.77. The topological polar surface area (TPSA) is 77.5 Å². The highest BCUT2D eigenvalue weighted by Gasteiger charge is 2.62. The molecule has 8 nitrogen and oxygen atoms in total. The molecule has 40 heavy (non-hydrogen) atoms. The molecule has 3 aliphatic heterocycles. The average Bonchev–Trinajstić information content (AvgIpc) is 3.65. The standard InChI is InChI=1S/C31H37NO7S/c1-30(2)36-25-24(35-29-27(26(25)37-30)38-31(3,4)39-29)22(33-18-20-11-7-5-8-12-20)17-23(28-32-15-16-40-28)34-19-21-13-9-6-10-14-21/h5-16,22-27,29H,17-19H2,1-4H3/t22-,23-,24-,25+,26+,27-,29-/m1/s1. The summed E-state index contributed by atoms with van der Waals surface area (Å²) in [6.45, 7) is 8.47. The van der Waals surface area contributed by atoms with Gasteiger partial charge in [0.25, 0.3) is 0 Å². The van der Waals surface area contributed by atoms with Crippen LogP contribution in [0.4, 0.5) is 0 Å². The highest BCUT2D eigenvalue weighted by Crippen LogP contribution is 2.46. The van der Waals surface area contributed by atoms with E-state index < -0.39 is 42.3 Å². The SMILES string of the molecule is CC1(C)O[C@@H]2[C@H](O1)[C@H]1OC(C)(C)O[C@H]1O[C@@H]2[C@@H](C[C@@H](OCc1ccccc1)c1nccs1)OCc1ccccc1. The van der Waals surface area contributed by atoms with Crippen LogP contribution in [0, 0.1) is 0 Å². The Kier molecular flexibility index (Phi) is 8.09. The van der Waals surface area contributed by atoms with Crippen molar-refractivity contribution in [2.45, 2.75) is 102 Å². The van der Waals surface area contributed by atoms with Gasteiger partial charge in [-0.1, -0.05) is 60.7 Å². The number of benzene rings is 2. The summed E-state index contributed by atoms with van der Waals surface area (Å²) in [4.78, 5) is 4.60. The van der Waals surface area contributed by atoms with E-state index >= 15 is 0 Å². The lowest BCUT2D eigenvalue weighted by molar-refractivity contribution is -0.261. The zero-order valence-corrected chi connectivity index (χ0v) is 24.1. The molecule has 0 bridgehead atoms. The molecular formula is C31H37NO7S. The summed E-state index contributed by atoms with van der Waals surface area (Å²) in [6.07, 6.45) is -0.700. The number of fused-ring (bicyclic) bond motifs is 3. The molecule has 2 aromatic carbocycles. The summed E-state index contributed by atoms with van der Waals surface area (Å²) in [7, 11) is 0. The van der Waals surface area contributed by atoms with Crippen LogP contribution < -0.4 is 0 Å². The van der Waals surface area contributed by atoms with Crippen molar-refractivity contribution in [3.05, 3.63) is 88.4 Å². The molecule has 214 valence electrons. The van der Waals surface area contributed by atoms with Crippen LogP contribution in [0.15, 0.2) is 72.2 Å². The third-order valence-corrected chi connectivity index (χ3v) is 8.20. The molecule has 1 aromatic heterocycles. The Morgan fingerprint density at radius 1 is 0.775 bits per heavy atom. The minimum Gasteiger partial charge on any atom is -0.371 e. The summed E-state index contributed by atoms with van der Waals surface area (Å²) in [5.74, 6) is -1.60. The second-order valence-corrected chi connectivity index (χ2v) is 12.3. The van der Waals surface area contributed by atoms with Gasteiger partial charge in [0.15, 0.2) is 17.9 Å². The fourth-order valence-electron chi connectivity index (χ4n) is 5.63. The van der Waals surface area contributed by atoms with Gasteiger partial charge in [-0.25, -0.2) is 4.98 Å². The van der Waals surface area contributed by atoms with Crippen LogP contribution in [0.1, 0.15) is 56.4 Å². The van der Waals surface area contributed by atoms with Crippen molar-refractivity contribution in [3.8, 4) is 0 Å². The Balaban J connectivity index is 1.29. The first-order valence-electron chi connectivity index (χ1n) is 13.8. The molecule has 7 atom stereocenters. The van der Waals surface area contributed by atoms with Crippen LogP contribution in [0.25, 0.3) is 0 Å². The Labute approximate surface area is 239 Å². The van der Waals surface area contributed by atoms with Crippen LogP contribution in [0.3, 0.4) is 0 Å². The van der Waals surface area contributed by atoms with Gasteiger partial charge in [0, 0.05) is 18.0 Å². The van der Waals surface area contributed by atoms with Gasteiger partial charge in [0.1, 0.15) is 35.5 Å². The minimum absolute atomic E-state index is 0.312. The fraction of sp³-hybridized carbons (Fsp3) is 0.516. The number of ether oxygens (including phenoxy) is 7. The quantitative estimate of drug-likeness (QED) is 0.306. The molecule has 0 spiro atoms. The third kappa shape index (κ3) is 6.32. The lowest BCUT2D eigenvalue weighted by Gasteiger charge is -2.41. The van der Waals surface area contributed by atoms with Crippen molar-refractivity contribution in [3.63, 3.8) is 0 Å². The van der Waals surface area contributed by atoms with Gasteiger partial charge in [0.05, 0.1) is 19.3 Å². The van der Waals surface area contributed by atoms with Crippen molar-refractivity contribution >= 4 is 11.3 Å². The first-order chi connectivity index (χ1) is 19.3. The molecule has 3 saturated heterocycles. The van der Waals surface area contributed by atoms with E-state index in [4.69, 9.17) is 33.2 Å². The normalized spacial score (nSPS) is 29.9. The molecule has 6 rings (SSSR count). The summed E-state index contributed by atoms with van der Waals surface area (Å²) >= 11 is 1.57. The van der Waals surface area contributed by atoms with Gasteiger partial charge >= 0.3 is 0 Å². The number of rotatable bonds is 10. The van der Waals surface area contributed by atoms with Crippen molar-refractivity contribution < 1.29 is 33.2 Å². The van der Waals surface area contributed by atoms with E-state index in [1.54, 1.807) is 17.5 Å². The third-order valence-electron chi connectivity index (χ3n) is 7.33. The van der Waals surface area contributed by atoms with E-state index in [1.165, 1.54) is 0 Å². The number of hydrogen-bond acceptors (Lipinski definition) is 9. The number of hydrogen-bond donors (Lipinski definition) is 0. The first-order valence-corrected chi connectivity index (χ1v) is 14.7. The van der Waals surface area contributed by atoms with E-state index in [9.17, 15) is 0 Å². The van der Waals surface area contributed by atoms with Gasteiger partial charge in [-0.3, -0.25) is 0 Å². The first kappa shape index (κ1) is 27.9. The highest BCUT2D eigenvalue weighted by molar-refractivity contribution is 7.09. The molecule has 3 fully saturated rings. The van der Waals surface area contributed by atoms with Gasteiger partial charge in [-0.15, -0.1) is 11.3 Å². The molecule has 9 heteroatoms. The van der Waals surface area contributed by atoms with E-state index in [0.29, 0.717) is 19.6 Å². The van der Waals surface area contributed by atoms with Gasteiger partial charge in [-0.05, 0) is 38.8 Å². The lowest BCUT2D eigenvalue weighted by Crippen LogP contribution is -2.59. The molecule has 3 aromatic rings. The van der Waals surface area contributed by atoms with Crippen molar-refractivity contribution in [2.24, 2.45) is 0 Å². The number of aromatic nitrogens is 1. The molecule has 0 N–H and O–H groups in total. The Bertz CT molecular complexity index is 1220. The second kappa shape index (κ2) is 11.6. The molecule has 4 heterocycles. The van der Waals surface area contributed by atoms with Crippen LogP contribution in [-0.4, -0.2) is 53.4 Å². The van der Waals surface area contributed by atoms with Crippen LogP contribution >= 0.6 is 11.3 Å². The number of nitrogens with zero attached hydrogens (tertiary/aromatic N) is 1.